The normalized spacial score (nSPS) is 12.2. The zero-order valence-corrected chi connectivity index (χ0v) is 15.2. The molecule has 0 bridgehead atoms. The molecule has 0 radical (unpaired) electrons. The van der Waals surface area contributed by atoms with Crippen LogP contribution in [0.5, 0.6) is 0 Å². The van der Waals surface area contributed by atoms with Crippen LogP contribution in [-0.4, -0.2) is 37.0 Å². The Balaban J connectivity index is 2.28. The van der Waals surface area contributed by atoms with Gasteiger partial charge in [-0.1, -0.05) is 0 Å². The zero-order chi connectivity index (χ0) is 15.6. The smallest absolute Gasteiger partial charge is 0.262 e. The first-order valence-corrected chi connectivity index (χ1v) is 9.35. The van der Waals surface area contributed by atoms with Gasteiger partial charge in [-0.3, -0.25) is 5.10 Å². The number of aromatic amines is 1. The Bertz CT molecular complexity index is 723. The number of hydrogen-bond donors (Lipinski definition) is 2. The zero-order valence-electron chi connectivity index (χ0n) is 12.0. The van der Waals surface area contributed by atoms with Crippen molar-refractivity contribution in [3.63, 3.8) is 0 Å². The maximum atomic E-state index is 12.7. The third-order valence-electron chi connectivity index (χ3n) is 3.04. The van der Waals surface area contributed by atoms with Crippen LogP contribution >= 0.6 is 27.3 Å². The molecule has 0 saturated carbocycles. The molecule has 21 heavy (non-hydrogen) atoms. The monoisotopic (exact) mass is 392 g/mol. The van der Waals surface area contributed by atoms with E-state index < -0.39 is 10.0 Å². The van der Waals surface area contributed by atoms with E-state index in [4.69, 9.17) is 0 Å². The summed E-state index contributed by atoms with van der Waals surface area (Å²) in [6, 6.07) is 1.92. The lowest BCUT2D eigenvalue weighted by Crippen LogP contribution is -2.27. The fourth-order valence-electron chi connectivity index (χ4n) is 1.92. The van der Waals surface area contributed by atoms with Gasteiger partial charge in [-0.2, -0.15) is 9.40 Å². The van der Waals surface area contributed by atoms with E-state index in [2.05, 4.69) is 31.4 Å². The predicted octanol–water partition coefficient (Wildman–Crippen LogP) is 2.08. The Labute approximate surface area is 136 Å². The van der Waals surface area contributed by atoms with Gasteiger partial charge in [0.1, 0.15) is 0 Å². The van der Waals surface area contributed by atoms with Crippen molar-refractivity contribution >= 4 is 37.3 Å². The fraction of sp³-hybridized carbons (Fsp3) is 0.417. The average molecular weight is 393 g/mol. The Morgan fingerprint density at radius 2 is 2.24 bits per heavy atom. The summed E-state index contributed by atoms with van der Waals surface area (Å²) in [6.45, 7) is 2.59. The van der Waals surface area contributed by atoms with Crippen molar-refractivity contribution in [3.05, 3.63) is 32.1 Å². The molecule has 0 aliphatic heterocycles. The molecule has 116 valence electrons. The largest absolute Gasteiger partial charge is 0.316 e. The highest BCUT2D eigenvalue weighted by Crippen LogP contribution is 2.24. The molecule has 0 spiro atoms. The van der Waals surface area contributed by atoms with Crippen LogP contribution in [0.25, 0.3) is 0 Å². The number of nitrogens with one attached hydrogen (secondary N) is 2. The number of halogens is 1. The molecule has 2 aromatic rings. The minimum Gasteiger partial charge on any atom is -0.316 e. The molecule has 2 aromatic heterocycles. The molecule has 0 unspecified atom stereocenters. The van der Waals surface area contributed by atoms with Crippen molar-refractivity contribution < 1.29 is 8.42 Å². The third-order valence-corrected chi connectivity index (χ3v) is 6.50. The van der Waals surface area contributed by atoms with Crippen LogP contribution < -0.4 is 5.32 Å². The summed E-state index contributed by atoms with van der Waals surface area (Å²) in [6.07, 6.45) is 0. The molecule has 0 fully saturated rings. The SMILES string of the molecule is CNCc1c(S(=O)(=O)N(C)Cc2cc(Br)cs2)n[nH]c1C. The molecule has 0 atom stereocenters. The molecule has 0 amide bonds. The van der Waals surface area contributed by atoms with E-state index in [9.17, 15) is 8.42 Å². The number of rotatable bonds is 6. The first kappa shape index (κ1) is 16.6. The molecular weight excluding hydrogens is 376 g/mol. The summed E-state index contributed by atoms with van der Waals surface area (Å²) in [7, 11) is -0.278. The molecule has 2 N–H and O–H groups in total. The molecule has 0 aliphatic rings. The van der Waals surface area contributed by atoms with Gasteiger partial charge >= 0.3 is 0 Å². The van der Waals surface area contributed by atoms with Crippen molar-refractivity contribution in [2.24, 2.45) is 0 Å². The highest BCUT2D eigenvalue weighted by Gasteiger charge is 2.28. The van der Waals surface area contributed by atoms with Gasteiger partial charge in [-0.25, -0.2) is 8.42 Å². The summed E-state index contributed by atoms with van der Waals surface area (Å²) in [4.78, 5) is 0.968. The van der Waals surface area contributed by atoms with Crippen LogP contribution in [0, 0.1) is 6.92 Å². The van der Waals surface area contributed by atoms with Gasteiger partial charge < -0.3 is 5.32 Å². The molecule has 0 aliphatic carbocycles. The van der Waals surface area contributed by atoms with E-state index >= 15 is 0 Å². The second-order valence-electron chi connectivity index (χ2n) is 4.65. The molecule has 2 heterocycles. The minimum atomic E-state index is -3.62. The maximum absolute atomic E-state index is 12.7. The van der Waals surface area contributed by atoms with E-state index in [-0.39, 0.29) is 5.03 Å². The Hall–Kier alpha value is -0.740. The van der Waals surface area contributed by atoms with Gasteiger partial charge in [-0.05, 0) is 36.0 Å². The van der Waals surface area contributed by atoms with Crippen LogP contribution in [0.1, 0.15) is 16.1 Å². The quantitative estimate of drug-likeness (QED) is 0.788. The second-order valence-corrected chi connectivity index (χ2v) is 8.53. The predicted molar refractivity (Wildman–Crippen MR) is 86.8 cm³/mol. The summed E-state index contributed by atoms with van der Waals surface area (Å²) < 4.78 is 27.6. The Morgan fingerprint density at radius 1 is 1.52 bits per heavy atom. The molecule has 6 nitrogen and oxygen atoms in total. The molecular formula is C12H17BrN4O2S2. The topological polar surface area (TPSA) is 78.1 Å². The van der Waals surface area contributed by atoms with Crippen LogP contribution in [0.3, 0.4) is 0 Å². The van der Waals surface area contributed by atoms with E-state index in [1.165, 1.54) is 15.6 Å². The van der Waals surface area contributed by atoms with Crippen LogP contribution in [0.4, 0.5) is 0 Å². The number of thiophene rings is 1. The van der Waals surface area contributed by atoms with E-state index in [1.807, 2.05) is 18.4 Å². The lowest BCUT2D eigenvalue weighted by molar-refractivity contribution is 0.465. The van der Waals surface area contributed by atoms with Gasteiger partial charge in [0, 0.05) is 46.1 Å². The van der Waals surface area contributed by atoms with Gasteiger partial charge in [0.05, 0.1) is 0 Å². The van der Waals surface area contributed by atoms with Gasteiger partial charge in [0.15, 0.2) is 5.03 Å². The van der Waals surface area contributed by atoms with Gasteiger partial charge in [0.2, 0.25) is 0 Å². The highest BCUT2D eigenvalue weighted by atomic mass is 79.9. The standard InChI is InChI=1S/C12H17BrN4O2S2/c1-8-11(5-14-2)12(16-15-8)21(18,19)17(3)6-10-4-9(13)7-20-10/h4,7,14H,5-6H2,1-3H3,(H,15,16). The highest BCUT2D eigenvalue weighted by molar-refractivity contribution is 9.10. The lowest BCUT2D eigenvalue weighted by Gasteiger charge is -2.15. The molecule has 0 saturated heterocycles. The first-order valence-electron chi connectivity index (χ1n) is 6.24. The minimum absolute atomic E-state index is 0.0903. The number of aryl methyl sites for hydroxylation is 1. The fourth-order valence-corrected chi connectivity index (χ4v) is 4.80. The summed E-state index contributed by atoms with van der Waals surface area (Å²) >= 11 is 4.89. The molecule has 2 rings (SSSR count). The number of hydrogen-bond acceptors (Lipinski definition) is 5. The Kier molecular flexibility index (Phi) is 5.20. The Morgan fingerprint density at radius 3 is 2.81 bits per heavy atom. The van der Waals surface area contributed by atoms with Crippen LogP contribution in [0.15, 0.2) is 20.9 Å². The number of aromatic nitrogens is 2. The summed E-state index contributed by atoms with van der Waals surface area (Å²) in [5.74, 6) is 0. The van der Waals surface area contributed by atoms with Crippen molar-refractivity contribution in [2.75, 3.05) is 14.1 Å². The van der Waals surface area contributed by atoms with Crippen LogP contribution in [-0.2, 0) is 23.1 Å². The summed E-state index contributed by atoms with van der Waals surface area (Å²) in [5, 5.41) is 11.7. The van der Waals surface area contributed by atoms with Gasteiger partial charge in [-0.15, -0.1) is 11.3 Å². The molecule has 0 aromatic carbocycles. The number of H-pyrrole nitrogens is 1. The third kappa shape index (κ3) is 3.54. The average Bonchev–Trinajstić information content (AvgIpc) is 2.98. The van der Waals surface area contributed by atoms with Crippen LogP contribution in [0.2, 0.25) is 0 Å². The first-order chi connectivity index (χ1) is 9.86. The maximum Gasteiger partial charge on any atom is 0.262 e. The second kappa shape index (κ2) is 6.57. The lowest BCUT2D eigenvalue weighted by atomic mass is 10.3. The van der Waals surface area contributed by atoms with Crippen molar-refractivity contribution in [3.8, 4) is 0 Å². The van der Waals surface area contributed by atoms with Crippen molar-refractivity contribution in [2.45, 2.75) is 25.0 Å². The van der Waals surface area contributed by atoms with E-state index in [0.717, 1.165) is 15.0 Å². The summed E-state index contributed by atoms with van der Waals surface area (Å²) in [5.41, 5.74) is 1.44. The van der Waals surface area contributed by atoms with E-state index in [1.54, 1.807) is 14.1 Å². The van der Waals surface area contributed by atoms with E-state index in [0.29, 0.717) is 18.7 Å². The number of sulfonamides is 1. The van der Waals surface area contributed by atoms with Gasteiger partial charge in [0.25, 0.3) is 10.0 Å². The van der Waals surface area contributed by atoms with Crippen molar-refractivity contribution in [1.82, 2.24) is 19.8 Å². The number of nitrogens with zero attached hydrogens (tertiary/aromatic N) is 2. The molecule has 9 heteroatoms. The van der Waals surface area contributed by atoms with Crippen molar-refractivity contribution in [1.29, 1.82) is 0 Å².